The van der Waals surface area contributed by atoms with E-state index in [0.29, 0.717) is 36.5 Å². The minimum absolute atomic E-state index is 0.158. The van der Waals surface area contributed by atoms with Crippen molar-refractivity contribution in [3.8, 4) is 0 Å². The highest BCUT2D eigenvalue weighted by Gasteiger charge is 2.36. The van der Waals surface area contributed by atoms with Gasteiger partial charge in [-0.15, -0.1) is 0 Å². The molecule has 1 N–H and O–H groups in total. The van der Waals surface area contributed by atoms with Gasteiger partial charge in [0, 0.05) is 24.8 Å². The van der Waals surface area contributed by atoms with Crippen LogP contribution in [0.25, 0.3) is 0 Å². The number of carbonyl (C=O) groups is 1. The smallest absolute Gasteiger partial charge is 0.268 e. The van der Waals surface area contributed by atoms with Crippen LogP contribution in [-0.4, -0.2) is 37.0 Å². The summed E-state index contributed by atoms with van der Waals surface area (Å²) in [6.07, 6.45) is 4.70. The second-order valence-electron chi connectivity index (χ2n) is 8.06. The van der Waals surface area contributed by atoms with Crippen molar-refractivity contribution in [2.45, 2.75) is 24.7 Å². The lowest BCUT2D eigenvalue weighted by molar-refractivity contribution is 0.102. The standard InChI is InChI=1S/C25H23N3O3S/c1-17-7-9-20(10-8-17)32(30,31)28-16-19-12-14-26-21-15-22(25(29)24(28)23(19)21)27-13-11-18-5-3-2-4-6-18/h2-10,15-16,27H,11-14H2,1H3. The number of hydrogen-bond acceptors (Lipinski definition) is 5. The summed E-state index contributed by atoms with van der Waals surface area (Å²) in [6, 6.07) is 16.7. The number of carbonyl (C=O) groups excluding carboxylic acids is 1. The summed E-state index contributed by atoms with van der Waals surface area (Å²) >= 11 is 0. The molecule has 5 rings (SSSR count). The molecule has 6 nitrogen and oxygen atoms in total. The Hall–Kier alpha value is -3.45. The Morgan fingerprint density at radius 1 is 1.06 bits per heavy atom. The molecule has 1 aromatic heterocycles. The summed E-state index contributed by atoms with van der Waals surface area (Å²) in [4.78, 5) is 18.2. The van der Waals surface area contributed by atoms with Crippen LogP contribution in [0, 0.1) is 6.92 Å². The van der Waals surface area contributed by atoms with Crippen molar-refractivity contribution in [2.75, 3.05) is 13.1 Å². The monoisotopic (exact) mass is 445 g/mol. The highest BCUT2D eigenvalue weighted by molar-refractivity contribution is 7.90. The largest absolute Gasteiger partial charge is 0.381 e. The number of nitrogens with zero attached hydrogens (tertiary/aromatic N) is 2. The molecule has 0 bridgehead atoms. The number of allylic oxidation sites excluding steroid dienone is 2. The highest BCUT2D eigenvalue weighted by Crippen LogP contribution is 2.32. The number of Topliss-reactive ketones (excluding diaryl/α,β-unsaturated/α-hetero) is 1. The predicted molar refractivity (Wildman–Crippen MR) is 124 cm³/mol. The van der Waals surface area contributed by atoms with Crippen LogP contribution in [0.2, 0.25) is 0 Å². The zero-order chi connectivity index (χ0) is 22.3. The maximum Gasteiger partial charge on any atom is 0.268 e. The normalized spacial score (nSPS) is 15.1. The van der Waals surface area contributed by atoms with Gasteiger partial charge in [0.2, 0.25) is 5.78 Å². The van der Waals surface area contributed by atoms with Gasteiger partial charge >= 0.3 is 0 Å². The first-order valence-corrected chi connectivity index (χ1v) is 12.0. The van der Waals surface area contributed by atoms with E-state index in [1.165, 1.54) is 0 Å². The molecule has 0 saturated carbocycles. The van der Waals surface area contributed by atoms with Crippen LogP contribution in [-0.2, 0) is 22.9 Å². The van der Waals surface area contributed by atoms with Crippen LogP contribution < -0.4 is 5.32 Å². The number of hydrogen-bond donors (Lipinski definition) is 1. The van der Waals surface area contributed by atoms with Crippen LogP contribution in [0.5, 0.6) is 0 Å². The van der Waals surface area contributed by atoms with Crippen molar-refractivity contribution in [2.24, 2.45) is 4.99 Å². The molecule has 0 saturated heterocycles. The fraction of sp³-hybridized carbons (Fsp3) is 0.200. The van der Waals surface area contributed by atoms with Crippen LogP contribution in [0.3, 0.4) is 0 Å². The first kappa shape index (κ1) is 20.5. The van der Waals surface area contributed by atoms with Crippen molar-refractivity contribution in [3.05, 3.63) is 101 Å². The summed E-state index contributed by atoms with van der Waals surface area (Å²) in [7, 11) is -3.92. The molecule has 0 unspecified atom stereocenters. The number of aliphatic imine (C=N–C) groups is 1. The lowest BCUT2D eigenvalue weighted by Gasteiger charge is -2.21. The van der Waals surface area contributed by atoms with Crippen LogP contribution in [0.1, 0.15) is 32.7 Å². The molecule has 1 aliphatic heterocycles. The molecule has 162 valence electrons. The average Bonchev–Trinajstić information content (AvgIpc) is 3.20. The average molecular weight is 446 g/mol. The molecule has 0 spiro atoms. The summed E-state index contributed by atoms with van der Waals surface area (Å²) in [5.41, 5.74) is 4.82. The van der Waals surface area contributed by atoms with Crippen molar-refractivity contribution < 1.29 is 13.2 Å². The molecular formula is C25H23N3O3S. The summed E-state index contributed by atoms with van der Waals surface area (Å²) in [5, 5.41) is 3.21. The maximum atomic E-state index is 13.5. The summed E-state index contributed by atoms with van der Waals surface area (Å²) in [6.45, 7) is 3.03. The van der Waals surface area contributed by atoms with Crippen molar-refractivity contribution in [3.63, 3.8) is 0 Å². The van der Waals surface area contributed by atoms with Crippen LogP contribution in [0.4, 0.5) is 0 Å². The van der Waals surface area contributed by atoms with Gasteiger partial charge in [-0.1, -0.05) is 48.0 Å². The van der Waals surface area contributed by atoms with Gasteiger partial charge in [0.15, 0.2) is 0 Å². The van der Waals surface area contributed by atoms with Crippen LogP contribution >= 0.6 is 0 Å². The van der Waals surface area contributed by atoms with Gasteiger partial charge < -0.3 is 5.32 Å². The SMILES string of the molecule is Cc1ccc(S(=O)(=O)n2cc3c4c2C(=O)C(NCCc2ccccc2)=CC4=NCC3)cc1. The lowest BCUT2D eigenvalue weighted by Crippen LogP contribution is -2.32. The number of nitrogens with one attached hydrogen (secondary N) is 1. The van der Waals surface area contributed by atoms with Gasteiger partial charge in [0.25, 0.3) is 10.0 Å². The topological polar surface area (TPSA) is 80.5 Å². The van der Waals surface area contributed by atoms with Crippen LogP contribution in [0.15, 0.2) is 82.5 Å². The summed E-state index contributed by atoms with van der Waals surface area (Å²) < 4.78 is 28.1. The first-order chi connectivity index (χ1) is 15.4. The number of aryl methyl sites for hydroxylation is 1. The Bertz CT molecular complexity index is 1370. The number of benzene rings is 2. The Kier molecular flexibility index (Phi) is 5.06. The molecule has 0 atom stereocenters. The molecule has 32 heavy (non-hydrogen) atoms. The van der Waals surface area contributed by atoms with Crippen molar-refractivity contribution in [1.82, 2.24) is 9.29 Å². The predicted octanol–water partition coefficient (Wildman–Crippen LogP) is 3.29. The second kappa shape index (κ2) is 7.91. The third kappa shape index (κ3) is 3.48. The fourth-order valence-electron chi connectivity index (χ4n) is 4.18. The Balaban J connectivity index is 1.50. The molecule has 0 amide bonds. The number of aromatic nitrogens is 1. The molecular weight excluding hydrogens is 422 g/mol. The molecule has 3 aromatic rings. The van der Waals surface area contributed by atoms with E-state index in [4.69, 9.17) is 0 Å². The van der Waals surface area contributed by atoms with E-state index in [2.05, 4.69) is 10.3 Å². The minimum Gasteiger partial charge on any atom is -0.381 e. The lowest BCUT2D eigenvalue weighted by atomic mass is 9.92. The molecule has 7 heteroatoms. The minimum atomic E-state index is -3.92. The van der Waals surface area contributed by atoms with E-state index in [9.17, 15) is 13.2 Å². The van der Waals surface area contributed by atoms with Gasteiger partial charge in [0.05, 0.1) is 16.3 Å². The number of ketones is 1. The summed E-state index contributed by atoms with van der Waals surface area (Å²) in [5.74, 6) is -0.323. The molecule has 0 radical (unpaired) electrons. The van der Waals surface area contributed by atoms with Gasteiger partial charge in [-0.25, -0.2) is 12.4 Å². The number of rotatable bonds is 6. The van der Waals surface area contributed by atoms with E-state index < -0.39 is 10.0 Å². The van der Waals surface area contributed by atoms with Crippen molar-refractivity contribution in [1.29, 1.82) is 0 Å². The van der Waals surface area contributed by atoms with E-state index in [1.807, 2.05) is 37.3 Å². The van der Waals surface area contributed by atoms with E-state index >= 15 is 0 Å². The molecule has 0 fully saturated rings. The second-order valence-corrected chi connectivity index (χ2v) is 9.87. The molecule has 1 aliphatic carbocycles. The Morgan fingerprint density at radius 3 is 2.56 bits per heavy atom. The maximum absolute atomic E-state index is 13.5. The first-order valence-electron chi connectivity index (χ1n) is 10.6. The van der Waals surface area contributed by atoms with E-state index in [-0.39, 0.29) is 16.4 Å². The van der Waals surface area contributed by atoms with Gasteiger partial charge in [-0.2, -0.15) is 0 Å². The zero-order valence-electron chi connectivity index (χ0n) is 17.7. The van der Waals surface area contributed by atoms with Gasteiger partial charge in [0.1, 0.15) is 5.69 Å². The quantitative estimate of drug-likeness (QED) is 0.631. The van der Waals surface area contributed by atoms with E-state index in [1.54, 1.807) is 36.5 Å². The van der Waals surface area contributed by atoms with Gasteiger partial charge in [-0.05, 0) is 49.1 Å². The molecule has 2 aliphatic rings. The van der Waals surface area contributed by atoms with Gasteiger partial charge in [-0.3, -0.25) is 9.79 Å². The fourth-order valence-corrected chi connectivity index (χ4v) is 5.56. The Labute approximate surface area is 187 Å². The molecule has 2 aromatic carbocycles. The Morgan fingerprint density at radius 2 is 1.81 bits per heavy atom. The zero-order valence-corrected chi connectivity index (χ0v) is 18.5. The van der Waals surface area contributed by atoms with Crippen molar-refractivity contribution >= 4 is 21.5 Å². The molecule has 2 heterocycles. The third-order valence-electron chi connectivity index (χ3n) is 5.86. The highest BCUT2D eigenvalue weighted by atomic mass is 32.2. The third-order valence-corrected chi connectivity index (χ3v) is 7.54. The van der Waals surface area contributed by atoms with E-state index in [0.717, 1.165) is 27.1 Å².